The van der Waals surface area contributed by atoms with Gasteiger partial charge in [0.05, 0.1) is 11.3 Å². The van der Waals surface area contributed by atoms with Crippen molar-refractivity contribution in [3.05, 3.63) is 29.8 Å². The molecule has 86 valence electrons. The van der Waals surface area contributed by atoms with E-state index in [4.69, 9.17) is 10.8 Å². The highest BCUT2D eigenvalue weighted by Crippen LogP contribution is 2.19. The summed E-state index contributed by atoms with van der Waals surface area (Å²) in [6.07, 6.45) is 0.199. The number of hydrogen-bond donors (Lipinski definition) is 2. The van der Waals surface area contributed by atoms with E-state index in [0.717, 1.165) is 0 Å². The molecule has 0 atom stereocenters. The van der Waals surface area contributed by atoms with Crippen molar-refractivity contribution >= 4 is 17.6 Å². The molecule has 0 saturated carbocycles. The van der Waals surface area contributed by atoms with Crippen LogP contribution in [0.1, 0.15) is 16.8 Å². The van der Waals surface area contributed by atoms with E-state index in [1.165, 1.54) is 11.0 Å². The first-order valence-electron chi connectivity index (χ1n) is 4.87. The van der Waals surface area contributed by atoms with Crippen LogP contribution in [0, 0.1) is 0 Å². The lowest BCUT2D eigenvalue weighted by atomic mass is 10.1. The van der Waals surface area contributed by atoms with Crippen molar-refractivity contribution in [2.45, 2.75) is 6.42 Å². The second-order valence-corrected chi connectivity index (χ2v) is 3.31. The molecule has 0 radical (unpaired) electrons. The molecule has 0 aliphatic rings. The highest BCUT2D eigenvalue weighted by atomic mass is 16.4. The average molecular weight is 222 g/mol. The van der Waals surface area contributed by atoms with Crippen LogP contribution in [-0.2, 0) is 4.79 Å². The van der Waals surface area contributed by atoms with E-state index in [0.29, 0.717) is 5.69 Å². The lowest BCUT2D eigenvalue weighted by molar-refractivity contribution is -0.118. The Labute approximate surface area is 93.5 Å². The topological polar surface area (TPSA) is 83.6 Å². The van der Waals surface area contributed by atoms with E-state index >= 15 is 0 Å². The smallest absolute Gasteiger partial charge is 0.337 e. The summed E-state index contributed by atoms with van der Waals surface area (Å²) in [7, 11) is 1.54. The largest absolute Gasteiger partial charge is 0.478 e. The molecule has 0 heterocycles. The summed E-state index contributed by atoms with van der Waals surface area (Å²) in [5.74, 6) is -1.25. The number of hydrogen-bond acceptors (Lipinski definition) is 3. The summed E-state index contributed by atoms with van der Waals surface area (Å²) in [5, 5.41) is 8.96. The molecule has 1 aromatic carbocycles. The molecule has 0 fully saturated rings. The second-order valence-electron chi connectivity index (χ2n) is 3.31. The van der Waals surface area contributed by atoms with Gasteiger partial charge in [0.15, 0.2) is 0 Å². The minimum Gasteiger partial charge on any atom is -0.478 e. The zero-order valence-corrected chi connectivity index (χ0v) is 9.01. The van der Waals surface area contributed by atoms with Gasteiger partial charge in [-0.3, -0.25) is 4.79 Å². The highest BCUT2D eigenvalue weighted by molar-refractivity contribution is 6.01. The van der Waals surface area contributed by atoms with Crippen LogP contribution in [0.25, 0.3) is 0 Å². The first-order chi connectivity index (χ1) is 7.57. The van der Waals surface area contributed by atoms with E-state index in [9.17, 15) is 9.59 Å². The van der Waals surface area contributed by atoms with Gasteiger partial charge >= 0.3 is 5.97 Å². The van der Waals surface area contributed by atoms with Gasteiger partial charge in [0, 0.05) is 20.0 Å². The third kappa shape index (κ3) is 2.58. The average Bonchev–Trinajstić information content (AvgIpc) is 2.28. The van der Waals surface area contributed by atoms with Crippen molar-refractivity contribution in [3.8, 4) is 0 Å². The van der Waals surface area contributed by atoms with Crippen molar-refractivity contribution in [2.75, 3.05) is 18.5 Å². The van der Waals surface area contributed by atoms with Gasteiger partial charge in [-0.15, -0.1) is 0 Å². The van der Waals surface area contributed by atoms with E-state index in [1.807, 2.05) is 0 Å². The third-order valence-electron chi connectivity index (χ3n) is 2.23. The third-order valence-corrected chi connectivity index (χ3v) is 2.23. The number of benzene rings is 1. The Bertz CT molecular complexity index is 404. The molecule has 0 aromatic heterocycles. The quantitative estimate of drug-likeness (QED) is 0.785. The predicted octanol–water partition coefficient (Wildman–Crippen LogP) is 0.696. The van der Waals surface area contributed by atoms with E-state index in [2.05, 4.69) is 0 Å². The Morgan fingerprint density at radius 3 is 2.56 bits per heavy atom. The first kappa shape index (κ1) is 12.2. The summed E-state index contributed by atoms with van der Waals surface area (Å²) in [6.45, 7) is 0.248. The van der Waals surface area contributed by atoms with Crippen LogP contribution in [0.15, 0.2) is 24.3 Å². The Morgan fingerprint density at radius 2 is 2.00 bits per heavy atom. The molecule has 0 unspecified atom stereocenters. The van der Waals surface area contributed by atoms with Gasteiger partial charge in [0.1, 0.15) is 0 Å². The molecule has 0 saturated heterocycles. The first-order valence-corrected chi connectivity index (χ1v) is 4.87. The summed E-state index contributed by atoms with van der Waals surface area (Å²) in [4.78, 5) is 23.8. The number of carboxylic acid groups (broad SMARTS) is 1. The molecular formula is C11H14N2O3. The van der Waals surface area contributed by atoms with Crippen LogP contribution < -0.4 is 10.6 Å². The molecule has 0 aliphatic heterocycles. The van der Waals surface area contributed by atoms with Crippen LogP contribution in [0.4, 0.5) is 5.69 Å². The minimum atomic E-state index is -1.05. The van der Waals surface area contributed by atoms with Crippen molar-refractivity contribution in [2.24, 2.45) is 5.73 Å². The van der Waals surface area contributed by atoms with Gasteiger partial charge in [-0.2, -0.15) is 0 Å². The highest BCUT2D eigenvalue weighted by Gasteiger charge is 2.16. The Balaban J connectivity index is 3.03. The molecule has 5 nitrogen and oxygen atoms in total. The summed E-state index contributed by atoms with van der Waals surface area (Å²) in [6, 6.07) is 6.37. The van der Waals surface area contributed by atoms with Crippen LogP contribution in [0.3, 0.4) is 0 Å². The van der Waals surface area contributed by atoms with Crippen molar-refractivity contribution in [3.63, 3.8) is 0 Å². The molecule has 16 heavy (non-hydrogen) atoms. The van der Waals surface area contributed by atoms with Gasteiger partial charge in [0.2, 0.25) is 5.91 Å². The van der Waals surface area contributed by atoms with Crippen LogP contribution in [-0.4, -0.2) is 30.6 Å². The number of nitrogens with two attached hydrogens (primary N) is 1. The number of para-hydroxylation sites is 1. The van der Waals surface area contributed by atoms with E-state index in [1.54, 1.807) is 25.2 Å². The van der Waals surface area contributed by atoms with Crippen molar-refractivity contribution in [1.82, 2.24) is 0 Å². The molecule has 0 bridgehead atoms. The standard InChI is InChI=1S/C11H14N2O3/c1-13(10(14)6-7-12)9-5-3-2-4-8(9)11(15)16/h2-5H,6-7,12H2,1H3,(H,15,16). The number of anilines is 1. The summed E-state index contributed by atoms with van der Waals surface area (Å²) in [5.41, 5.74) is 5.77. The lowest BCUT2D eigenvalue weighted by Crippen LogP contribution is -2.29. The maximum atomic E-state index is 11.6. The molecule has 1 amide bonds. The number of aromatic carboxylic acids is 1. The number of amides is 1. The van der Waals surface area contributed by atoms with Gasteiger partial charge in [-0.05, 0) is 12.1 Å². The molecule has 0 aliphatic carbocycles. The number of carboxylic acids is 1. The van der Waals surface area contributed by atoms with Gasteiger partial charge < -0.3 is 15.7 Å². The molecule has 1 rings (SSSR count). The van der Waals surface area contributed by atoms with E-state index in [-0.39, 0.29) is 24.4 Å². The zero-order valence-electron chi connectivity index (χ0n) is 9.01. The molecular weight excluding hydrogens is 208 g/mol. The fourth-order valence-electron chi connectivity index (χ4n) is 1.37. The summed E-state index contributed by atoms with van der Waals surface area (Å²) < 4.78 is 0. The van der Waals surface area contributed by atoms with Crippen molar-refractivity contribution < 1.29 is 14.7 Å². The maximum absolute atomic E-state index is 11.6. The monoisotopic (exact) mass is 222 g/mol. The number of nitrogens with zero attached hydrogens (tertiary/aromatic N) is 1. The van der Waals surface area contributed by atoms with Gasteiger partial charge in [-0.1, -0.05) is 12.1 Å². The Hall–Kier alpha value is -1.88. The normalized spacial score (nSPS) is 9.88. The van der Waals surface area contributed by atoms with Crippen LogP contribution in [0.5, 0.6) is 0 Å². The number of carbonyl (C=O) groups excluding carboxylic acids is 1. The van der Waals surface area contributed by atoms with Gasteiger partial charge in [0.25, 0.3) is 0 Å². The molecule has 5 heteroatoms. The van der Waals surface area contributed by atoms with Crippen LogP contribution >= 0.6 is 0 Å². The summed E-state index contributed by atoms with van der Waals surface area (Å²) >= 11 is 0. The molecule has 1 aromatic rings. The SMILES string of the molecule is CN(C(=O)CCN)c1ccccc1C(=O)O. The number of carbonyl (C=O) groups is 2. The fraction of sp³-hybridized carbons (Fsp3) is 0.273. The van der Waals surface area contributed by atoms with Crippen LogP contribution in [0.2, 0.25) is 0 Å². The van der Waals surface area contributed by atoms with Crippen molar-refractivity contribution in [1.29, 1.82) is 0 Å². The number of rotatable bonds is 4. The lowest BCUT2D eigenvalue weighted by Gasteiger charge is -2.18. The van der Waals surface area contributed by atoms with E-state index < -0.39 is 5.97 Å². The predicted molar refractivity (Wildman–Crippen MR) is 60.5 cm³/mol. The second kappa shape index (κ2) is 5.27. The zero-order chi connectivity index (χ0) is 12.1. The fourth-order valence-corrected chi connectivity index (χ4v) is 1.37. The molecule has 3 N–H and O–H groups in total. The maximum Gasteiger partial charge on any atom is 0.337 e. The molecule has 0 spiro atoms. The Morgan fingerprint density at radius 1 is 1.38 bits per heavy atom. The Kier molecular flexibility index (Phi) is 4.02. The van der Waals surface area contributed by atoms with Gasteiger partial charge in [-0.25, -0.2) is 4.79 Å². The minimum absolute atomic E-state index is 0.107.